The van der Waals surface area contributed by atoms with Gasteiger partial charge in [0.1, 0.15) is 0 Å². The molecule has 6 heteroatoms. The number of aliphatic imine (C=N–C) groups is 1. The fraction of sp³-hybridized carbons (Fsp3) is 0.867. The van der Waals surface area contributed by atoms with Crippen molar-refractivity contribution in [3.05, 3.63) is 0 Å². The van der Waals surface area contributed by atoms with Gasteiger partial charge in [0.2, 0.25) is 0 Å². The number of fused-ring (bicyclic) bond motifs is 2. The van der Waals surface area contributed by atoms with Crippen LogP contribution in [-0.4, -0.2) is 21.9 Å². The van der Waals surface area contributed by atoms with E-state index in [9.17, 15) is 18.0 Å². The molecule has 1 aliphatic heterocycles. The van der Waals surface area contributed by atoms with Gasteiger partial charge in [-0.05, 0) is 49.4 Å². The molecule has 3 aliphatic rings. The fourth-order valence-electron chi connectivity index (χ4n) is 4.26. The molecule has 2 saturated carbocycles. The minimum absolute atomic E-state index is 0.406. The highest BCUT2D eigenvalue weighted by molar-refractivity contribution is 8.16. The molecular formula is C15H20F3NOS. The van der Waals surface area contributed by atoms with Gasteiger partial charge in [0.15, 0.2) is 4.75 Å². The zero-order chi connectivity index (χ0) is 15.4. The van der Waals surface area contributed by atoms with Gasteiger partial charge < -0.3 is 0 Å². The lowest BCUT2D eigenvalue weighted by atomic mass is 9.87. The molecule has 0 unspecified atom stereocenters. The Morgan fingerprint density at radius 1 is 1.33 bits per heavy atom. The molecule has 2 nitrogen and oxygen atoms in total. The third-order valence-corrected chi connectivity index (χ3v) is 7.07. The van der Waals surface area contributed by atoms with Crippen molar-refractivity contribution in [3.8, 4) is 0 Å². The van der Waals surface area contributed by atoms with Gasteiger partial charge in [0.25, 0.3) is 5.91 Å². The molecule has 2 bridgehead atoms. The number of amides is 1. The molecule has 0 aromatic heterocycles. The first kappa shape index (κ1) is 15.4. The van der Waals surface area contributed by atoms with E-state index in [0.29, 0.717) is 35.1 Å². The van der Waals surface area contributed by atoms with Crippen molar-refractivity contribution in [1.29, 1.82) is 0 Å². The smallest absolute Gasteiger partial charge is 0.271 e. The summed E-state index contributed by atoms with van der Waals surface area (Å²) < 4.78 is 38.0. The number of hydrogen-bond donors (Lipinski definition) is 0. The minimum atomic E-state index is -4.55. The van der Waals surface area contributed by atoms with Gasteiger partial charge in [0.05, 0.1) is 5.04 Å². The summed E-state index contributed by atoms with van der Waals surface area (Å²) in [6, 6.07) is 0. The van der Waals surface area contributed by atoms with Crippen LogP contribution in [0.25, 0.3) is 0 Å². The average Bonchev–Trinajstić information content (AvgIpc) is 3.02. The molecule has 2 fully saturated rings. The Morgan fingerprint density at radius 3 is 2.48 bits per heavy atom. The van der Waals surface area contributed by atoms with E-state index in [4.69, 9.17) is 0 Å². The van der Waals surface area contributed by atoms with Crippen molar-refractivity contribution in [2.75, 3.05) is 0 Å². The van der Waals surface area contributed by atoms with Gasteiger partial charge in [-0.2, -0.15) is 13.2 Å². The standard InChI is InChI=1S/C15H20F3NOS/c1-8(2)14(15(16,17)18)13(20)19-12(21-14)7-11-6-9-3-4-10(11)5-9/h8-11H,3-7H2,1-2H3/t9-,10+,11-,14-/m1/s1. The molecule has 4 atom stereocenters. The average molecular weight is 319 g/mol. The molecule has 1 heterocycles. The zero-order valence-electron chi connectivity index (χ0n) is 12.2. The molecule has 1 amide bonds. The third-order valence-electron chi connectivity index (χ3n) is 5.38. The first-order chi connectivity index (χ1) is 9.74. The number of rotatable bonds is 3. The second kappa shape index (κ2) is 5.00. The largest absolute Gasteiger partial charge is 0.412 e. The number of thioether (sulfide) groups is 1. The van der Waals surface area contributed by atoms with Crippen LogP contribution in [0.1, 0.15) is 46.0 Å². The molecule has 0 saturated heterocycles. The molecule has 0 spiro atoms. The van der Waals surface area contributed by atoms with Gasteiger partial charge in [-0.3, -0.25) is 4.79 Å². The van der Waals surface area contributed by atoms with E-state index < -0.39 is 22.7 Å². The summed E-state index contributed by atoms with van der Waals surface area (Å²) in [5.41, 5.74) is 0. The number of nitrogens with zero attached hydrogens (tertiary/aromatic N) is 1. The van der Waals surface area contributed by atoms with Crippen LogP contribution in [0.5, 0.6) is 0 Å². The second-order valence-electron chi connectivity index (χ2n) is 6.94. The SMILES string of the molecule is CC(C)[C@@]1(C(F)(F)F)SC(C[C@H]2C[C@@H]3CC[C@H]2C3)=NC1=O. The van der Waals surface area contributed by atoms with Crippen LogP contribution in [-0.2, 0) is 4.79 Å². The lowest BCUT2D eigenvalue weighted by Gasteiger charge is -2.32. The van der Waals surface area contributed by atoms with E-state index in [0.717, 1.165) is 12.3 Å². The quantitative estimate of drug-likeness (QED) is 0.769. The molecule has 0 aromatic rings. The Bertz CT molecular complexity index is 488. The number of hydrogen-bond acceptors (Lipinski definition) is 2. The number of carbonyl (C=O) groups excluding carboxylic acids is 1. The monoisotopic (exact) mass is 319 g/mol. The minimum Gasteiger partial charge on any atom is -0.271 e. The van der Waals surface area contributed by atoms with Crippen molar-refractivity contribution >= 4 is 22.7 Å². The Balaban J connectivity index is 1.75. The highest BCUT2D eigenvalue weighted by atomic mass is 32.2. The van der Waals surface area contributed by atoms with Crippen LogP contribution in [0, 0.1) is 23.7 Å². The molecule has 3 rings (SSSR count). The predicted octanol–water partition coefficient (Wildman–Crippen LogP) is 4.44. The van der Waals surface area contributed by atoms with Crippen LogP contribution >= 0.6 is 11.8 Å². The van der Waals surface area contributed by atoms with Crippen LogP contribution in [0.15, 0.2) is 4.99 Å². The summed E-state index contributed by atoms with van der Waals surface area (Å²) in [6.45, 7) is 2.91. The van der Waals surface area contributed by atoms with E-state index in [2.05, 4.69) is 4.99 Å². The molecule has 0 aromatic carbocycles. The second-order valence-corrected chi connectivity index (χ2v) is 8.26. The molecule has 118 valence electrons. The van der Waals surface area contributed by atoms with Crippen molar-refractivity contribution in [3.63, 3.8) is 0 Å². The van der Waals surface area contributed by atoms with Gasteiger partial charge in [-0.1, -0.05) is 32.0 Å². The lowest BCUT2D eigenvalue weighted by molar-refractivity contribution is -0.175. The van der Waals surface area contributed by atoms with E-state index >= 15 is 0 Å². The first-order valence-electron chi connectivity index (χ1n) is 7.61. The zero-order valence-corrected chi connectivity index (χ0v) is 13.1. The summed E-state index contributed by atoms with van der Waals surface area (Å²) >= 11 is 0.671. The van der Waals surface area contributed by atoms with Crippen molar-refractivity contribution in [2.45, 2.75) is 56.9 Å². The molecular weight excluding hydrogens is 299 g/mol. The lowest BCUT2D eigenvalue weighted by Crippen LogP contribution is -2.50. The van der Waals surface area contributed by atoms with Gasteiger partial charge in [0, 0.05) is 0 Å². The highest BCUT2D eigenvalue weighted by Crippen LogP contribution is 2.55. The first-order valence-corrected chi connectivity index (χ1v) is 8.43. The summed E-state index contributed by atoms with van der Waals surface area (Å²) in [5, 5.41) is 0.406. The summed E-state index contributed by atoms with van der Waals surface area (Å²) in [7, 11) is 0. The Morgan fingerprint density at radius 2 is 2.05 bits per heavy atom. The maximum absolute atomic E-state index is 13.4. The third kappa shape index (κ3) is 2.34. The van der Waals surface area contributed by atoms with Crippen LogP contribution in [0.2, 0.25) is 0 Å². The Kier molecular flexibility index (Phi) is 3.66. The summed E-state index contributed by atoms with van der Waals surface area (Å²) in [4.78, 5) is 15.8. The Labute approximate surface area is 127 Å². The molecule has 0 radical (unpaired) electrons. The van der Waals surface area contributed by atoms with Gasteiger partial charge in [-0.15, -0.1) is 0 Å². The summed E-state index contributed by atoms with van der Waals surface area (Å²) in [5.74, 6) is -0.00283. The van der Waals surface area contributed by atoms with E-state index in [1.165, 1.54) is 33.1 Å². The van der Waals surface area contributed by atoms with Crippen LogP contribution in [0.3, 0.4) is 0 Å². The normalized spacial score (nSPS) is 39.4. The summed E-state index contributed by atoms with van der Waals surface area (Å²) in [6.07, 6.45) is 0.767. The van der Waals surface area contributed by atoms with E-state index in [1.807, 2.05) is 0 Å². The van der Waals surface area contributed by atoms with E-state index in [1.54, 1.807) is 0 Å². The highest BCUT2D eigenvalue weighted by Gasteiger charge is 2.66. The topological polar surface area (TPSA) is 29.4 Å². The predicted molar refractivity (Wildman–Crippen MR) is 77.2 cm³/mol. The van der Waals surface area contributed by atoms with Crippen LogP contribution in [0.4, 0.5) is 13.2 Å². The van der Waals surface area contributed by atoms with Gasteiger partial charge in [-0.25, -0.2) is 4.99 Å². The molecule has 0 N–H and O–H groups in total. The van der Waals surface area contributed by atoms with Crippen molar-refractivity contribution < 1.29 is 18.0 Å². The number of halogens is 3. The molecule has 21 heavy (non-hydrogen) atoms. The fourth-order valence-corrected chi connectivity index (χ4v) is 5.54. The number of alkyl halides is 3. The van der Waals surface area contributed by atoms with Crippen molar-refractivity contribution in [2.24, 2.45) is 28.7 Å². The van der Waals surface area contributed by atoms with Crippen LogP contribution < -0.4 is 0 Å². The van der Waals surface area contributed by atoms with E-state index in [-0.39, 0.29) is 0 Å². The maximum atomic E-state index is 13.4. The molecule has 2 aliphatic carbocycles. The maximum Gasteiger partial charge on any atom is 0.412 e. The van der Waals surface area contributed by atoms with Crippen molar-refractivity contribution in [1.82, 2.24) is 0 Å². The van der Waals surface area contributed by atoms with Gasteiger partial charge >= 0.3 is 6.18 Å². The Hall–Kier alpha value is -0.520. The number of carbonyl (C=O) groups is 1.